The second-order valence-corrected chi connectivity index (χ2v) is 17.2. The van der Waals surface area contributed by atoms with Crippen molar-refractivity contribution >= 4 is 11.9 Å². The second-order valence-electron chi connectivity index (χ2n) is 17.2. The van der Waals surface area contributed by atoms with Crippen molar-refractivity contribution in [2.24, 2.45) is 0 Å². The van der Waals surface area contributed by atoms with Gasteiger partial charge in [-0.25, -0.2) is 0 Å². The zero-order valence-electron chi connectivity index (χ0n) is 43.3. The molecule has 0 saturated carbocycles. The molecule has 0 spiro atoms. The van der Waals surface area contributed by atoms with E-state index in [9.17, 15) is 14.7 Å². The summed E-state index contributed by atoms with van der Waals surface area (Å²) in [6.07, 6.45) is 87.6. The lowest BCUT2D eigenvalue weighted by Crippen LogP contribution is -2.28. The summed E-state index contributed by atoms with van der Waals surface area (Å²) in [4.78, 5) is 24.5. The predicted molar refractivity (Wildman–Crippen MR) is 297 cm³/mol. The largest absolute Gasteiger partial charge is 0.462 e. The van der Waals surface area contributed by atoms with Crippen LogP contribution in [-0.2, 0) is 19.1 Å². The van der Waals surface area contributed by atoms with Crippen LogP contribution in [0.5, 0.6) is 0 Å². The van der Waals surface area contributed by atoms with Crippen molar-refractivity contribution in [2.75, 3.05) is 13.2 Å². The average Bonchev–Trinajstić information content (AvgIpc) is 3.34. The highest BCUT2D eigenvalue weighted by molar-refractivity contribution is 5.70. The molecule has 0 aromatic rings. The highest BCUT2D eigenvalue weighted by Gasteiger charge is 2.16. The Kier molecular flexibility index (Phi) is 53.1. The summed E-state index contributed by atoms with van der Waals surface area (Å²) in [6, 6.07) is 0. The van der Waals surface area contributed by atoms with Gasteiger partial charge in [0.25, 0.3) is 0 Å². The lowest BCUT2D eigenvalue weighted by atomic mass is 10.1. The van der Waals surface area contributed by atoms with Crippen molar-refractivity contribution in [1.82, 2.24) is 0 Å². The van der Waals surface area contributed by atoms with Crippen molar-refractivity contribution in [1.29, 1.82) is 0 Å². The summed E-state index contributed by atoms with van der Waals surface area (Å²) < 4.78 is 10.7. The summed E-state index contributed by atoms with van der Waals surface area (Å²) >= 11 is 0. The Hall–Kier alpha value is -4.48. The van der Waals surface area contributed by atoms with Gasteiger partial charge in [0, 0.05) is 12.8 Å². The minimum Gasteiger partial charge on any atom is -0.462 e. The van der Waals surface area contributed by atoms with Gasteiger partial charge < -0.3 is 14.6 Å². The Morgan fingerprint density at radius 3 is 0.897 bits per heavy atom. The molecule has 0 aliphatic rings. The van der Waals surface area contributed by atoms with Crippen molar-refractivity contribution < 1.29 is 24.2 Å². The Morgan fingerprint density at radius 2 is 0.588 bits per heavy atom. The van der Waals surface area contributed by atoms with Crippen molar-refractivity contribution in [3.8, 4) is 0 Å². The molecule has 0 rings (SSSR count). The van der Waals surface area contributed by atoms with Crippen LogP contribution in [-0.4, -0.2) is 36.4 Å². The molecule has 0 fully saturated rings. The smallest absolute Gasteiger partial charge is 0.306 e. The van der Waals surface area contributed by atoms with Crippen LogP contribution in [0.3, 0.4) is 0 Å². The number of allylic oxidation sites excluding steroid dienone is 26. The van der Waals surface area contributed by atoms with Crippen LogP contribution in [0.1, 0.15) is 206 Å². The molecule has 0 aliphatic heterocycles. The van der Waals surface area contributed by atoms with E-state index in [1.54, 1.807) is 0 Å². The van der Waals surface area contributed by atoms with Crippen LogP contribution < -0.4 is 0 Å². The summed E-state index contributed by atoms with van der Waals surface area (Å²) in [5.41, 5.74) is 0. The second kappa shape index (κ2) is 56.8. The normalized spacial score (nSPS) is 13.5. The van der Waals surface area contributed by atoms with Gasteiger partial charge in [0.1, 0.15) is 6.61 Å². The predicted octanol–water partition coefficient (Wildman–Crippen LogP) is 18.4. The summed E-state index contributed by atoms with van der Waals surface area (Å²) in [6.45, 7) is 3.87. The third-order valence-electron chi connectivity index (χ3n) is 10.8. The molecule has 1 atom stereocenters. The van der Waals surface area contributed by atoms with E-state index in [4.69, 9.17) is 9.47 Å². The van der Waals surface area contributed by atoms with E-state index in [1.165, 1.54) is 51.4 Å². The van der Waals surface area contributed by atoms with Gasteiger partial charge in [-0.2, -0.15) is 0 Å². The maximum absolute atomic E-state index is 12.3. The van der Waals surface area contributed by atoms with E-state index in [0.29, 0.717) is 12.8 Å². The molecule has 0 bridgehead atoms. The molecule has 1 N–H and O–H groups in total. The zero-order chi connectivity index (χ0) is 49.2. The van der Waals surface area contributed by atoms with Gasteiger partial charge in [-0.3, -0.25) is 9.59 Å². The van der Waals surface area contributed by atoms with Crippen molar-refractivity contribution in [3.05, 3.63) is 158 Å². The first-order valence-electron chi connectivity index (χ1n) is 27.0. The van der Waals surface area contributed by atoms with E-state index in [-0.39, 0.29) is 25.2 Å². The quantitative estimate of drug-likeness (QED) is 0.0374. The van der Waals surface area contributed by atoms with Crippen LogP contribution >= 0.6 is 0 Å². The lowest BCUT2D eigenvalue weighted by Gasteiger charge is -2.15. The van der Waals surface area contributed by atoms with Crippen molar-refractivity contribution in [3.63, 3.8) is 0 Å². The number of hydrogen-bond acceptors (Lipinski definition) is 5. The van der Waals surface area contributed by atoms with Gasteiger partial charge in [0.05, 0.1) is 6.61 Å². The summed E-state index contributed by atoms with van der Waals surface area (Å²) in [5, 5.41) is 9.64. The van der Waals surface area contributed by atoms with Crippen molar-refractivity contribution in [2.45, 2.75) is 213 Å². The lowest BCUT2D eigenvalue weighted by molar-refractivity contribution is -0.161. The molecule has 0 aromatic carbocycles. The molecule has 0 aromatic heterocycles. The van der Waals surface area contributed by atoms with E-state index in [1.807, 2.05) is 0 Å². The van der Waals surface area contributed by atoms with Gasteiger partial charge in [-0.15, -0.1) is 0 Å². The molecule has 68 heavy (non-hydrogen) atoms. The molecule has 5 heteroatoms. The number of unbranched alkanes of at least 4 members (excludes halogenated alkanes) is 13. The third kappa shape index (κ3) is 54.1. The van der Waals surface area contributed by atoms with E-state index < -0.39 is 6.10 Å². The first-order valence-corrected chi connectivity index (χ1v) is 27.0. The van der Waals surface area contributed by atoms with Gasteiger partial charge >= 0.3 is 11.9 Å². The number of ether oxygens (including phenoxy) is 2. The Bertz CT molecular complexity index is 1520. The first-order chi connectivity index (χ1) is 33.6. The van der Waals surface area contributed by atoms with E-state index in [2.05, 4.69) is 172 Å². The van der Waals surface area contributed by atoms with Gasteiger partial charge in [0.2, 0.25) is 0 Å². The Morgan fingerprint density at radius 1 is 0.338 bits per heavy atom. The average molecular weight is 935 g/mol. The standard InChI is InChI=1S/C63H98O5/c1-3-5-7-9-11-13-15-17-19-21-23-25-27-29-30-31-32-34-35-37-39-41-43-45-47-49-51-53-55-57-62(65)67-60-61(59-64)68-63(66)58-56-54-52-50-48-46-44-42-40-38-36-33-28-26-24-22-20-18-16-14-12-10-8-6-4-2/h5-8,11-14,17-20,23-26,29-30,32-34,36,40,42,46,48,61,64H,3-4,9-10,15-16,21-22,27-28,31,35,37-39,41,43-45,47,49-60H2,1-2H3/b7-5-,8-6-,13-11-,14-12-,19-17-,20-18-,25-23-,26-24-,30-29-,34-32-,36-33-,42-40-,48-46-. The van der Waals surface area contributed by atoms with Gasteiger partial charge in [-0.05, 0) is 122 Å². The molecule has 0 radical (unpaired) electrons. The van der Waals surface area contributed by atoms with Crippen LogP contribution in [0.2, 0.25) is 0 Å². The SMILES string of the molecule is CC/C=C\C/C=C\C/C=C\C/C=C\C/C=C\C/C=C\C/C=C\CCCCCC(=O)OC(CO)COC(=O)CCCCCCCCCCCC/C=C\C/C=C\C/C=C\C/C=C\C/C=C\C/C=C\CC. The van der Waals surface area contributed by atoms with Crippen LogP contribution in [0.4, 0.5) is 0 Å². The number of carbonyl (C=O) groups excluding carboxylic acids is 2. The third-order valence-corrected chi connectivity index (χ3v) is 10.8. The fourth-order valence-corrected chi connectivity index (χ4v) is 6.83. The van der Waals surface area contributed by atoms with Crippen LogP contribution in [0, 0.1) is 0 Å². The molecule has 380 valence electrons. The van der Waals surface area contributed by atoms with E-state index in [0.717, 1.165) is 128 Å². The number of hydrogen-bond donors (Lipinski definition) is 1. The Labute approximate surface area is 418 Å². The van der Waals surface area contributed by atoms with Crippen LogP contribution in [0.25, 0.3) is 0 Å². The highest BCUT2D eigenvalue weighted by Crippen LogP contribution is 2.13. The number of aliphatic hydroxyl groups excluding tert-OH is 1. The van der Waals surface area contributed by atoms with Gasteiger partial charge in [-0.1, -0.05) is 230 Å². The van der Waals surface area contributed by atoms with E-state index >= 15 is 0 Å². The monoisotopic (exact) mass is 935 g/mol. The molecule has 0 amide bonds. The fraction of sp³-hybridized carbons (Fsp3) is 0.556. The Balaban J connectivity index is 3.65. The summed E-state index contributed by atoms with van der Waals surface area (Å²) in [5.74, 6) is -0.647. The topological polar surface area (TPSA) is 72.8 Å². The van der Waals surface area contributed by atoms with Crippen LogP contribution in [0.15, 0.2) is 158 Å². The molecular formula is C63H98O5. The summed E-state index contributed by atoms with van der Waals surface area (Å²) in [7, 11) is 0. The maximum Gasteiger partial charge on any atom is 0.306 e. The molecule has 0 aliphatic carbocycles. The number of carbonyl (C=O) groups is 2. The molecular weight excluding hydrogens is 837 g/mol. The minimum atomic E-state index is -0.805. The number of rotatable bonds is 47. The molecule has 0 heterocycles. The highest BCUT2D eigenvalue weighted by atomic mass is 16.6. The fourth-order valence-electron chi connectivity index (χ4n) is 6.83. The number of aliphatic hydroxyl groups is 1. The number of esters is 2. The molecule has 5 nitrogen and oxygen atoms in total. The maximum atomic E-state index is 12.3. The minimum absolute atomic E-state index is 0.0932. The first kappa shape index (κ1) is 63.5. The molecule has 0 saturated heterocycles. The zero-order valence-corrected chi connectivity index (χ0v) is 43.3. The molecule has 1 unspecified atom stereocenters. The van der Waals surface area contributed by atoms with Gasteiger partial charge in [0.15, 0.2) is 6.10 Å².